The van der Waals surface area contributed by atoms with Crippen molar-refractivity contribution in [1.29, 1.82) is 0 Å². The third-order valence-electron chi connectivity index (χ3n) is 1.76. The average Bonchev–Trinajstić information content (AvgIpc) is 2.09. The molecule has 0 aromatic heterocycles. The van der Waals surface area contributed by atoms with E-state index in [-0.39, 0.29) is 19.8 Å². The highest BCUT2D eigenvalue weighted by atomic mass is 16.5. The van der Waals surface area contributed by atoms with Gasteiger partial charge in [-0.2, -0.15) is 0 Å². The molecule has 0 amide bonds. The lowest BCUT2D eigenvalue weighted by Crippen LogP contribution is -2.32. The maximum Gasteiger partial charge on any atom is 0.631 e. The molecular formula is C6H17BO6. The predicted octanol–water partition coefficient (Wildman–Crippen LogP) is -2.69. The molecule has 0 aliphatic heterocycles. The Morgan fingerprint density at radius 1 is 0.923 bits per heavy atom. The molecule has 0 atom stereocenters. The van der Waals surface area contributed by atoms with E-state index >= 15 is 0 Å². The lowest BCUT2D eigenvalue weighted by Gasteiger charge is -2.24. The Balaban J connectivity index is 0. The number of hydrogen-bond acceptors (Lipinski definition) is 6. The molecule has 0 aromatic rings. The van der Waals surface area contributed by atoms with Gasteiger partial charge in [-0.1, -0.05) is 6.92 Å². The van der Waals surface area contributed by atoms with Crippen LogP contribution in [0.4, 0.5) is 0 Å². The maximum absolute atomic E-state index is 8.66. The van der Waals surface area contributed by atoms with Crippen LogP contribution in [-0.4, -0.2) is 57.5 Å². The first-order chi connectivity index (χ1) is 5.97. The number of aliphatic hydroxyl groups excluding tert-OH is 3. The summed E-state index contributed by atoms with van der Waals surface area (Å²) in [6, 6.07) is 0. The molecular weight excluding hydrogens is 179 g/mol. The summed E-state index contributed by atoms with van der Waals surface area (Å²) in [5.41, 5.74) is -0.667. The van der Waals surface area contributed by atoms with E-state index in [9.17, 15) is 0 Å². The smallest absolute Gasteiger partial charge is 0.402 e. The Hall–Kier alpha value is -0.175. The number of rotatable bonds is 4. The van der Waals surface area contributed by atoms with Gasteiger partial charge in [0.15, 0.2) is 0 Å². The van der Waals surface area contributed by atoms with Crippen LogP contribution in [0.5, 0.6) is 0 Å². The van der Waals surface area contributed by atoms with Gasteiger partial charge in [-0.25, -0.2) is 0 Å². The van der Waals surface area contributed by atoms with E-state index < -0.39 is 12.7 Å². The van der Waals surface area contributed by atoms with Crippen LogP contribution in [-0.2, 0) is 0 Å². The van der Waals surface area contributed by atoms with Gasteiger partial charge in [0.1, 0.15) is 0 Å². The fraction of sp³-hybridized carbons (Fsp3) is 1.00. The van der Waals surface area contributed by atoms with Crippen molar-refractivity contribution in [3.05, 3.63) is 0 Å². The summed E-state index contributed by atoms with van der Waals surface area (Å²) in [6.45, 7) is 1.35. The SMILES string of the molecule is CCC(CO)(CO)CO.OB(O)O. The van der Waals surface area contributed by atoms with Gasteiger partial charge < -0.3 is 30.4 Å². The molecule has 0 radical (unpaired) electrons. The molecule has 6 nitrogen and oxygen atoms in total. The first kappa shape index (κ1) is 15.3. The van der Waals surface area contributed by atoms with Gasteiger partial charge in [-0.15, -0.1) is 0 Å². The van der Waals surface area contributed by atoms with E-state index in [0.717, 1.165) is 0 Å². The van der Waals surface area contributed by atoms with E-state index in [1.54, 1.807) is 0 Å². The third kappa shape index (κ3) is 8.16. The minimum absolute atomic E-state index is 0.156. The van der Waals surface area contributed by atoms with E-state index in [0.29, 0.717) is 6.42 Å². The van der Waals surface area contributed by atoms with Gasteiger partial charge in [0.25, 0.3) is 0 Å². The zero-order valence-corrected chi connectivity index (χ0v) is 7.59. The molecule has 6 N–H and O–H groups in total. The van der Waals surface area contributed by atoms with Crippen LogP contribution in [0, 0.1) is 5.41 Å². The molecule has 0 aliphatic rings. The summed E-state index contributed by atoms with van der Waals surface area (Å²) >= 11 is 0. The van der Waals surface area contributed by atoms with Crippen molar-refractivity contribution < 1.29 is 30.4 Å². The summed E-state index contributed by atoms with van der Waals surface area (Å²) in [6.07, 6.45) is 0.594. The first-order valence-electron chi connectivity index (χ1n) is 3.84. The minimum atomic E-state index is -2.17. The van der Waals surface area contributed by atoms with Crippen LogP contribution in [0.2, 0.25) is 0 Å². The molecule has 0 spiro atoms. The van der Waals surface area contributed by atoms with E-state index in [4.69, 9.17) is 30.4 Å². The molecule has 0 aromatic carbocycles. The van der Waals surface area contributed by atoms with Gasteiger partial charge in [-0.3, -0.25) is 0 Å². The monoisotopic (exact) mass is 196 g/mol. The first-order valence-corrected chi connectivity index (χ1v) is 3.84. The van der Waals surface area contributed by atoms with Crippen molar-refractivity contribution in [2.45, 2.75) is 13.3 Å². The maximum atomic E-state index is 8.66. The Labute approximate surface area is 77.3 Å². The van der Waals surface area contributed by atoms with Gasteiger partial charge in [0, 0.05) is 5.41 Å². The van der Waals surface area contributed by atoms with Gasteiger partial charge in [0.2, 0.25) is 0 Å². The largest absolute Gasteiger partial charge is 0.631 e. The molecule has 0 fully saturated rings. The van der Waals surface area contributed by atoms with Crippen LogP contribution in [0.1, 0.15) is 13.3 Å². The predicted molar refractivity (Wildman–Crippen MR) is 46.4 cm³/mol. The lowest BCUT2D eigenvalue weighted by molar-refractivity contribution is 0.00304. The topological polar surface area (TPSA) is 121 Å². The standard InChI is InChI=1S/C6H14O3.BH3O3/c1-2-6(3-7,4-8)5-9;2-1(3)4/h7-9H,2-5H2,1H3;2-4H. The Morgan fingerprint density at radius 3 is 1.15 bits per heavy atom. The number of hydrogen-bond donors (Lipinski definition) is 6. The van der Waals surface area contributed by atoms with E-state index in [1.807, 2.05) is 6.92 Å². The molecule has 0 saturated heterocycles. The fourth-order valence-corrected chi connectivity index (χ4v) is 0.485. The van der Waals surface area contributed by atoms with Crippen molar-refractivity contribution in [2.24, 2.45) is 5.41 Å². The minimum Gasteiger partial charge on any atom is -0.402 e. The molecule has 0 rings (SSSR count). The Bertz CT molecular complexity index is 85.0. The molecule has 13 heavy (non-hydrogen) atoms. The second kappa shape index (κ2) is 8.42. The van der Waals surface area contributed by atoms with Crippen LogP contribution >= 0.6 is 0 Å². The van der Waals surface area contributed by atoms with Crippen LogP contribution in [0.25, 0.3) is 0 Å². The molecule has 0 bridgehead atoms. The molecule has 0 unspecified atom stereocenters. The van der Waals surface area contributed by atoms with Gasteiger partial charge in [-0.05, 0) is 6.42 Å². The zero-order chi connectivity index (χ0) is 10.9. The third-order valence-corrected chi connectivity index (χ3v) is 1.76. The zero-order valence-electron chi connectivity index (χ0n) is 7.59. The Kier molecular flexibility index (Phi) is 9.92. The summed E-state index contributed by atoms with van der Waals surface area (Å²) < 4.78 is 0. The highest BCUT2D eigenvalue weighted by molar-refractivity contribution is 6.30. The number of aliphatic hydroxyl groups is 3. The van der Waals surface area contributed by atoms with Crippen molar-refractivity contribution in [3.8, 4) is 0 Å². The fourth-order valence-electron chi connectivity index (χ4n) is 0.485. The van der Waals surface area contributed by atoms with Crippen molar-refractivity contribution >= 4 is 7.32 Å². The Morgan fingerprint density at radius 2 is 1.15 bits per heavy atom. The van der Waals surface area contributed by atoms with E-state index in [1.165, 1.54) is 0 Å². The van der Waals surface area contributed by atoms with Crippen molar-refractivity contribution in [1.82, 2.24) is 0 Å². The van der Waals surface area contributed by atoms with Crippen molar-refractivity contribution in [2.75, 3.05) is 19.8 Å². The van der Waals surface area contributed by atoms with Gasteiger partial charge >= 0.3 is 7.32 Å². The molecule has 0 saturated carbocycles. The average molecular weight is 196 g/mol. The summed E-state index contributed by atoms with van der Waals surface area (Å²) in [5, 5.41) is 47.5. The summed E-state index contributed by atoms with van der Waals surface area (Å²) in [5.74, 6) is 0. The molecule has 0 heterocycles. The second-order valence-corrected chi connectivity index (χ2v) is 2.67. The van der Waals surface area contributed by atoms with Crippen LogP contribution < -0.4 is 0 Å². The molecule has 0 aliphatic carbocycles. The van der Waals surface area contributed by atoms with Crippen LogP contribution in [0.15, 0.2) is 0 Å². The lowest BCUT2D eigenvalue weighted by atomic mass is 9.88. The van der Waals surface area contributed by atoms with Crippen LogP contribution in [0.3, 0.4) is 0 Å². The van der Waals surface area contributed by atoms with E-state index in [2.05, 4.69) is 0 Å². The van der Waals surface area contributed by atoms with Gasteiger partial charge in [0.05, 0.1) is 19.8 Å². The summed E-state index contributed by atoms with van der Waals surface area (Å²) in [4.78, 5) is 0. The highest BCUT2D eigenvalue weighted by Crippen LogP contribution is 2.18. The molecule has 80 valence electrons. The molecule has 7 heteroatoms. The quantitative estimate of drug-likeness (QED) is 0.272. The summed E-state index contributed by atoms with van der Waals surface area (Å²) in [7, 11) is -2.17. The van der Waals surface area contributed by atoms with Crippen molar-refractivity contribution in [3.63, 3.8) is 0 Å². The highest BCUT2D eigenvalue weighted by Gasteiger charge is 2.24. The second-order valence-electron chi connectivity index (χ2n) is 2.67. The normalized spacial score (nSPS) is 10.4.